The van der Waals surface area contributed by atoms with Gasteiger partial charge in [0, 0.05) is 12.2 Å². The fourth-order valence-corrected chi connectivity index (χ4v) is 4.94. The summed E-state index contributed by atoms with van der Waals surface area (Å²) in [5.74, 6) is 0. The van der Waals surface area contributed by atoms with Crippen molar-refractivity contribution in [3.8, 4) is 0 Å². The molecule has 1 heterocycles. The van der Waals surface area contributed by atoms with Crippen LogP contribution >= 0.6 is 0 Å². The summed E-state index contributed by atoms with van der Waals surface area (Å²) >= 11 is 0. The Balaban J connectivity index is 1.83. The Hall–Kier alpha value is -2.83. The number of rotatable bonds is 4. The highest BCUT2D eigenvalue weighted by Gasteiger charge is 2.37. The molecule has 2 radical (unpaired) electrons. The number of anilines is 2. The Morgan fingerprint density at radius 3 is 2.17 bits per heavy atom. The van der Waals surface area contributed by atoms with E-state index in [4.69, 9.17) is 0 Å². The van der Waals surface area contributed by atoms with Crippen LogP contribution in [-0.4, -0.2) is 19.5 Å². The zero-order valence-electron chi connectivity index (χ0n) is 17.2. The van der Waals surface area contributed by atoms with E-state index in [9.17, 15) is 13.0 Å². The first kappa shape index (κ1) is 20.4. The molecule has 1 saturated heterocycles. The lowest BCUT2D eigenvalue weighted by molar-refractivity contribution is 0.483. The summed E-state index contributed by atoms with van der Waals surface area (Å²) in [6, 6.07) is 20.5. The largest absolute Gasteiger partial charge is 0.338 e. The zero-order valence-corrected chi connectivity index (χ0v) is 18.0. The average molecular weight is 421 g/mol. The van der Waals surface area contributed by atoms with Crippen molar-refractivity contribution in [3.05, 3.63) is 95.7 Å². The van der Waals surface area contributed by atoms with Gasteiger partial charge in [0.05, 0.1) is 11.7 Å². The lowest BCUT2D eigenvalue weighted by Crippen LogP contribution is -2.23. The van der Waals surface area contributed by atoms with Crippen molar-refractivity contribution in [2.24, 2.45) is 0 Å². The van der Waals surface area contributed by atoms with E-state index in [2.05, 4.69) is 39.6 Å². The second-order valence-electron chi connectivity index (χ2n) is 7.70. The maximum Gasteiger partial charge on any atom is 0.296 e. The summed E-state index contributed by atoms with van der Waals surface area (Å²) in [6.45, 7) is 10.2. The highest BCUT2D eigenvalue weighted by molar-refractivity contribution is 7.86. The van der Waals surface area contributed by atoms with Gasteiger partial charge in [-0.1, -0.05) is 60.2 Å². The lowest BCUT2D eigenvalue weighted by Gasteiger charge is -2.26. The number of para-hydroxylation sites is 1. The van der Waals surface area contributed by atoms with Gasteiger partial charge in [0.1, 0.15) is 4.90 Å². The third-order valence-electron chi connectivity index (χ3n) is 5.39. The summed E-state index contributed by atoms with van der Waals surface area (Å²) in [4.78, 5) is 3.73. The van der Waals surface area contributed by atoms with Gasteiger partial charge in [-0.2, -0.15) is 8.42 Å². The Kier molecular flexibility index (Phi) is 5.30. The molecule has 0 spiro atoms. The van der Waals surface area contributed by atoms with E-state index >= 15 is 0 Å². The molecule has 0 amide bonds. The van der Waals surface area contributed by atoms with Crippen LogP contribution in [0.5, 0.6) is 0 Å². The molecule has 0 unspecified atom stereocenters. The van der Waals surface area contributed by atoms with Crippen molar-refractivity contribution in [3.63, 3.8) is 0 Å². The summed E-state index contributed by atoms with van der Waals surface area (Å²) < 4.78 is 33.9. The van der Waals surface area contributed by atoms with Gasteiger partial charge in [0.25, 0.3) is 10.1 Å². The molecule has 1 atom stereocenters. The van der Waals surface area contributed by atoms with Crippen LogP contribution < -0.4 is 9.80 Å². The predicted molar refractivity (Wildman–Crippen MR) is 119 cm³/mol. The highest BCUT2D eigenvalue weighted by Crippen LogP contribution is 2.41. The van der Waals surface area contributed by atoms with Crippen molar-refractivity contribution in [2.45, 2.75) is 31.7 Å². The van der Waals surface area contributed by atoms with Crippen LogP contribution in [0.1, 0.15) is 28.3 Å². The first-order valence-electron chi connectivity index (χ1n) is 9.78. The Labute approximate surface area is 178 Å². The Morgan fingerprint density at radius 2 is 1.53 bits per heavy atom. The standard InChI is InChI=1S/C24H24N2O3S/c1-17-13-18(2)24(19(3)14-17)25-15-22(20-9-5-4-6-10-20)26(16-25)21-11-7-8-12-23(21)30(27,28)29/h4-14,22H,15H2,1-3H3,(H,27,28,29)/t22-/m1/s1. The molecular formula is C24H24N2O3S. The van der Waals surface area contributed by atoms with E-state index in [-0.39, 0.29) is 10.9 Å². The van der Waals surface area contributed by atoms with E-state index < -0.39 is 10.1 Å². The molecule has 1 N–H and O–H groups in total. The number of hydrogen-bond donors (Lipinski definition) is 1. The van der Waals surface area contributed by atoms with Crippen molar-refractivity contribution < 1.29 is 13.0 Å². The molecule has 154 valence electrons. The minimum atomic E-state index is -4.38. The number of nitrogens with zero attached hydrogens (tertiary/aromatic N) is 2. The van der Waals surface area contributed by atoms with Gasteiger partial charge < -0.3 is 9.80 Å². The van der Waals surface area contributed by atoms with Crippen LogP contribution in [0.15, 0.2) is 71.6 Å². The summed E-state index contributed by atoms with van der Waals surface area (Å²) in [5, 5.41) is 0. The molecular weight excluding hydrogens is 396 g/mol. The van der Waals surface area contributed by atoms with Crippen LogP contribution in [0.2, 0.25) is 0 Å². The highest BCUT2D eigenvalue weighted by atomic mass is 32.2. The molecule has 3 aromatic rings. The maximum absolute atomic E-state index is 12.0. The van der Waals surface area contributed by atoms with Crippen LogP contribution in [-0.2, 0) is 10.1 Å². The Bertz CT molecular complexity index is 1150. The summed E-state index contributed by atoms with van der Waals surface area (Å²) in [7, 11) is -4.38. The summed E-state index contributed by atoms with van der Waals surface area (Å²) in [6.07, 6.45) is 0. The van der Waals surface area contributed by atoms with E-state index in [0.29, 0.717) is 12.2 Å². The van der Waals surface area contributed by atoms with Crippen molar-refractivity contribution in [1.82, 2.24) is 0 Å². The molecule has 1 fully saturated rings. The molecule has 3 aromatic carbocycles. The quantitative estimate of drug-likeness (QED) is 0.607. The topological polar surface area (TPSA) is 60.9 Å². The molecule has 5 nitrogen and oxygen atoms in total. The zero-order chi connectivity index (χ0) is 21.5. The number of benzene rings is 3. The first-order valence-corrected chi connectivity index (χ1v) is 11.2. The summed E-state index contributed by atoms with van der Waals surface area (Å²) in [5.41, 5.74) is 5.97. The van der Waals surface area contributed by atoms with E-state index in [1.165, 1.54) is 11.6 Å². The Morgan fingerprint density at radius 1 is 0.933 bits per heavy atom. The molecule has 6 heteroatoms. The van der Waals surface area contributed by atoms with E-state index in [1.54, 1.807) is 18.2 Å². The van der Waals surface area contributed by atoms with Gasteiger partial charge in [-0.25, -0.2) is 0 Å². The molecule has 0 aliphatic carbocycles. The van der Waals surface area contributed by atoms with Crippen LogP contribution in [0.4, 0.5) is 11.4 Å². The van der Waals surface area contributed by atoms with Crippen LogP contribution in [0.3, 0.4) is 0 Å². The molecule has 30 heavy (non-hydrogen) atoms. The van der Waals surface area contributed by atoms with Gasteiger partial charge in [-0.05, 0) is 49.6 Å². The number of aryl methyl sites for hydroxylation is 3. The van der Waals surface area contributed by atoms with Crippen LogP contribution in [0, 0.1) is 27.4 Å². The van der Waals surface area contributed by atoms with Crippen molar-refractivity contribution in [2.75, 3.05) is 16.3 Å². The SMILES string of the molecule is Cc1cc(C)c(N2[C]N(c3ccccc3S(=O)(=O)O)[C@@H](c3ccccc3)C2)c(C)c1. The third-order valence-corrected chi connectivity index (χ3v) is 6.29. The monoisotopic (exact) mass is 420 g/mol. The molecule has 4 rings (SSSR count). The number of hydrogen-bond acceptors (Lipinski definition) is 4. The fourth-order valence-electron chi connectivity index (χ4n) is 4.26. The van der Waals surface area contributed by atoms with E-state index in [0.717, 1.165) is 22.4 Å². The smallest absolute Gasteiger partial charge is 0.296 e. The minimum Gasteiger partial charge on any atom is -0.338 e. The second-order valence-corrected chi connectivity index (χ2v) is 9.09. The molecule has 0 saturated carbocycles. The van der Waals surface area contributed by atoms with Gasteiger partial charge in [0.15, 0.2) is 0 Å². The fraction of sp³-hybridized carbons (Fsp3) is 0.208. The lowest BCUT2D eigenvalue weighted by atomic mass is 10.0. The van der Waals surface area contributed by atoms with E-state index in [1.807, 2.05) is 40.1 Å². The average Bonchev–Trinajstić information content (AvgIpc) is 3.12. The normalized spacial score (nSPS) is 16.9. The van der Waals surface area contributed by atoms with Gasteiger partial charge >= 0.3 is 0 Å². The first-order chi connectivity index (χ1) is 14.3. The molecule has 0 bridgehead atoms. The van der Waals surface area contributed by atoms with Crippen molar-refractivity contribution >= 4 is 21.5 Å². The molecule has 0 aromatic heterocycles. The van der Waals surface area contributed by atoms with Gasteiger partial charge in [-0.3, -0.25) is 4.55 Å². The third kappa shape index (κ3) is 3.80. The second kappa shape index (κ2) is 7.78. The maximum atomic E-state index is 12.0. The molecule has 1 aliphatic heterocycles. The van der Waals surface area contributed by atoms with Gasteiger partial charge in [-0.15, -0.1) is 0 Å². The molecule has 1 aliphatic rings. The van der Waals surface area contributed by atoms with Crippen molar-refractivity contribution in [1.29, 1.82) is 0 Å². The van der Waals surface area contributed by atoms with Crippen LogP contribution in [0.25, 0.3) is 0 Å². The van der Waals surface area contributed by atoms with Gasteiger partial charge in [0.2, 0.25) is 6.67 Å². The minimum absolute atomic E-state index is 0.127. The predicted octanol–water partition coefficient (Wildman–Crippen LogP) is 4.92.